The number of benzene rings is 1. The Morgan fingerprint density at radius 3 is 2.41 bits per heavy atom. The van der Waals surface area contributed by atoms with Crippen LogP contribution in [0.25, 0.3) is 0 Å². The normalized spacial score (nSPS) is 11.1. The van der Waals surface area contributed by atoms with Gasteiger partial charge in [-0.1, -0.05) is 23.2 Å². The van der Waals surface area contributed by atoms with Crippen LogP contribution in [0.1, 0.15) is 20.8 Å². The van der Waals surface area contributed by atoms with Crippen LogP contribution in [-0.4, -0.2) is 18.0 Å². The van der Waals surface area contributed by atoms with E-state index in [1.54, 1.807) is 18.2 Å². The fraction of sp³-hybridized carbons (Fsp3) is 0.417. The molecule has 2 N–H and O–H groups in total. The van der Waals surface area contributed by atoms with Crippen LogP contribution in [0.5, 0.6) is 0 Å². The fourth-order valence-electron chi connectivity index (χ4n) is 1.25. The van der Waals surface area contributed by atoms with Crippen LogP contribution >= 0.6 is 23.2 Å². The van der Waals surface area contributed by atoms with Gasteiger partial charge < -0.3 is 10.6 Å². The molecular weight excluding hydrogens is 259 g/mol. The van der Waals surface area contributed by atoms with E-state index >= 15 is 0 Å². The second kappa shape index (κ2) is 5.61. The summed E-state index contributed by atoms with van der Waals surface area (Å²) < 4.78 is 0. The number of rotatable bonds is 3. The number of nitrogens with one attached hydrogen (secondary N) is 2. The zero-order chi connectivity index (χ0) is 13.1. The lowest BCUT2D eigenvalue weighted by molar-refractivity contribution is -0.120. The molecule has 0 aromatic heterocycles. The van der Waals surface area contributed by atoms with Crippen molar-refractivity contribution in [2.75, 3.05) is 11.9 Å². The summed E-state index contributed by atoms with van der Waals surface area (Å²) in [6, 6.07) is 5.15. The summed E-state index contributed by atoms with van der Waals surface area (Å²) in [6.07, 6.45) is 0. The van der Waals surface area contributed by atoms with E-state index in [0.717, 1.165) is 5.69 Å². The summed E-state index contributed by atoms with van der Waals surface area (Å²) in [7, 11) is 0. The number of anilines is 1. The van der Waals surface area contributed by atoms with Crippen molar-refractivity contribution in [3.05, 3.63) is 28.2 Å². The maximum absolute atomic E-state index is 11.6. The maximum Gasteiger partial charge on any atom is 0.239 e. The number of hydrogen-bond donors (Lipinski definition) is 2. The van der Waals surface area contributed by atoms with Gasteiger partial charge in [0.2, 0.25) is 5.91 Å². The zero-order valence-corrected chi connectivity index (χ0v) is 11.6. The maximum atomic E-state index is 11.6. The minimum Gasteiger partial charge on any atom is -0.376 e. The molecule has 0 aliphatic heterocycles. The van der Waals surface area contributed by atoms with Gasteiger partial charge in [0.05, 0.1) is 16.6 Å². The number of hydrogen-bond acceptors (Lipinski definition) is 2. The molecule has 0 aliphatic carbocycles. The van der Waals surface area contributed by atoms with Crippen molar-refractivity contribution >= 4 is 34.8 Å². The highest BCUT2D eigenvalue weighted by Gasteiger charge is 2.13. The summed E-state index contributed by atoms with van der Waals surface area (Å²) in [5, 5.41) is 6.80. The van der Waals surface area contributed by atoms with E-state index in [9.17, 15) is 4.79 Å². The van der Waals surface area contributed by atoms with Gasteiger partial charge >= 0.3 is 0 Å². The number of carbonyl (C=O) groups is 1. The van der Waals surface area contributed by atoms with E-state index in [-0.39, 0.29) is 18.0 Å². The first-order chi connectivity index (χ1) is 7.78. The van der Waals surface area contributed by atoms with E-state index in [1.165, 1.54) is 0 Å². The first kappa shape index (κ1) is 14.1. The van der Waals surface area contributed by atoms with E-state index in [0.29, 0.717) is 10.0 Å². The molecule has 0 radical (unpaired) electrons. The van der Waals surface area contributed by atoms with Crippen molar-refractivity contribution in [1.29, 1.82) is 0 Å². The summed E-state index contributed by atoms with van der Waals surface area (Å²) in [5.74, 6) is -0.0661. The van der Waals surface area contributed by atoms with E-state index in [2.05, 4.69) is 10.6 Å². The second-order valence-electron chi connectivity index (χ2n) is 4.78. The smallest absolute Gasteiger partial charge is 0.239 e. The van der Waals surface area contributed by atoms with Gasteiger partial charge in [0.15, 0.2) is 0 Å². The average molecular weight is 275 g/mol. The lowest BCUT2D eigenvalue weighted by atomic mass is 10.1. The molecule has 1 rings (SSSR count). The molecule has 1 amide bonds. The molecule has 3 nitrogen and oxygen atoms in total. The van der Waals surface area contributed by atoms with Gasteiger partial charge in [-0.25, -0.2) is 0 Å². The highest BCUT2D eigenvalue weighted by molar-refractivity contribution is 6.42. The summed E-state index contributed by atoms with van der Waals surface area (Å²) in [4.78, 5) is 11.6. The van der Waals surface area contributed by atoms with Crippen LogP contribution in [0.15, 0.2) is 18.2 Å². The van der Waals surface area contributed by atoms with Gasteiger partial charge in [-0.15, -0.1) is 0 Å². The second-order valence-corrected chi connectivity index (χ2v) is 5.60. The SMILES string of the molecule is CC(C)(C)NC(=O)CNc1ccc(Cl)c(Cl)c1. The van der Waals surface area contributed by atoms with Crippen molar-refractivity contribution in [2.24, 2.45) is 0 Å². The Labute approximate surface area is 111 Å². The first-order valence-corrected chi connectivity index (χ1v) is 6.03. The first-order valence-electron chi connectivity index (χ1n) is 5.28. The highest BCUT2D eigenvalue weighted by atomic mass is 35.5. The summed E-state index contributed by atoms with van der Waals surface area (Å²) in [5.41, 5.74) is 0.541. The van der Waals surface area contributed by atoms with Gasteiger partial charge in [-0.05, 0) is 39.0 Å². The molecule has 0 atom stereocenters. The Balaban J connectivity index is 2.50. The molecule has 0 aliphatic rings. The van der Waals surface area contributed by atoms with Gasteiger partial charge in [-0.2, -0.15) is 0 Å². The molecular formula is C12H16Cl2N2O. The monoisotopic (exact) mass is 274 g/mol. The van der Waals surface area contributed by atoms with Crippen molar-refractivity contribution in [1.82, 2.24) is 5.32 Å². The molecule has 0 fully saturated rings. The third kappa shape index (κ3) is 5.29. The van der Waals surface area contributed by atoms with Gasteiger partial charge in [0.25, 0.3) is 0 Å². The third-order valence-electron chi connectivity index (χ3n) is 1.89. The van der Waals surface area contributed by atoms with E-state index in [1.807, 2.05) is 20.8 Å². The van der Waals surface area contributed by atoms with Crippen LogP contribution in [0.4, 0.5) is 5.69 Å². The van der Waals surface area contributed by atoms with Crippen LogP contribution in [-0.2, 0) is 4.79 Å². The summed E-state index contributed by atoms with van der Waals surface area (Å²) >= 11 is 11.7. The lowest BCUT2D eigenvalue weighted by Gasteiger charge is -2.20. The molecule has 0 saturated carbocycles. The molecule has 94 valence electrons. The van der Waals surface area contributed by atoms with Gasteiger partial charge in [-0.3, -0.25) is 4.79 Å². The van der Waals surface area contributed by atoms with Crippen molar-refractivity contribution < 1.29 is 4.79 Å². The molecule has 1 aromatic carbocycles. The molecule has 5 heteroatoms. The minimum absolute atomic E-state index is 0.0661. The largest absolute Gasteiger partial charge is 0.376 e. The molecule has 0 heterocycles. The van der Waals surface area contributed by atoms with Crippen molar-refractivity contribution in [3.8, 4) is 0 Å². The Hall–Kier alpha value is -0.930. The molecule has 1 aromatic rings. The molecule has 0 bridgehead atoms. The van der Waals surface area contributed by atoms with E-state index < -0.39 is 0 Å². The average Bonchev–Trinajstić information content (AvgIpc) is 2.17. The molecule has 17 heavy (non-hydrogen) atoms. The number of halogens is 2. The number of carbonyl (C=O) groups excluding carboxylic acids is 1. The van der Waals surface area contributed by atoms with Crippen molar-refractivity contribution in [3.63, 3.8) is 0 Å². The Morgan fingerprint density at radius 2 is 1.88 bits per heavy atom. The minimum atomic E-state index is -0.226. The van der Waals surface area contributed by atoms with E-state index in [4.69, 9.17) is 23.2 Å². The highest BCUT2D eigenvalue weighted by Crippen LogP contribution is 2.24. The Kier molecular flexibility index (Phi) is 4.66. The van der Waals surface area contributed by atoms with Crippen LogP contribution < -0.4 is 10.6 Å². The predicted molar refractivity (Wildman–Crippen MR) is 72.8 cm³/mol. The quantitative estimate of drug-likeness (QED) is 0.888. The predicted octanol–water partition coefficient (Wildman–Crippen LogP) is 3.32. The standard InChI is InChI=1S/C12H16Cl2N2O/c1-12(2,3)16-11(17)7-15-8-4-5-9(13)10(14)6-8/h4-6,15H,7H2,1-3H3,(H,16,17). The fourth-order valence-corrected chi connectivity index (χ4v) is 1.55. The van der Waals surface area contributed by atoms with Gasteiger partial charge in [0, 0.05) is 11.2 Å². The van der Waals surface area contributed by atoms with Crippen molar-refractivity contribution in [2.45, 2.75) is 26.3 Å². The topological polar surface area (TPSA) is 41.1 Å². The third-order valence-corrected chi connectivity index (χ3v) is 2.63. The summed E-state index contributed by atoms with van der Waals surface area (Å²) in [6.45, 7) is 6.01. The van der Waals surface area contributed by atoms with Gasteiger partial charge in [0.1, 0.15) is 0 Å². The molecule has 0 unspecified atom stereocenters. The number of amides is 1. The van der Waals surface area contributed by atoms with Crippen LogP contribution in [0.2, 0.25) is 10.0 Å². The molecule has 0 spiro atoms. The Bertz CT molecular complexity index is 413. The lowest BCUT2D eigenvalue weighted by Crippen LogP contribution is -2.43. The zero-order valence-electron chi connectivity index (χ0n) is 10.1. The van der Waals surface area contributed by atoms with Crippen LogP contribution in [0.3, 0.4) is 0 Å². The van der Waals surface area contributed by atoms with Crippen LogP contribution in [0, 0.1) is 0 Å². The Morgan fingerprint density at radius 1 is 1.24 bits per heavy atom. The molecule has 0 saturated heterocycles.